The first-order valence-electron chi connectivity index (χ1n) is 9.28. The van der Waals surface area contributed by atoms with Crippen LogP contribution in [0.3, 0.4) is 0 Å². The van der Waals surface area contributed by atoms with Gasteiger partial charge in [-0.2, -0.15) is 0 Å². The summed E-state index contributed by atoms with van der Waals surface area (Å²) in [5.41, 5.74) is 3.07. The lowest BCUT2D eigenvalue weighted by atomic mass is 9.98. The fourth-order valence-corrected chi connectivity index (χ4v) is 3.45. The molecule has 0 spiro atoms. The van der Waals surface area contributed by atoms with Gasteiger partial charge in [0.25, 0.3) is 0 Å². The average molecular weight is 353 g/mol. The molecule has 0 aliphatic carbocycles. The van der Waals surface area contributed by atoms with E-state index in [1.54, 1.807) is 0 Å². The van der Waals surface area contributed by atoms with Crippen LogP contribution in [0.25, 0.3) is 11.1 Å². The van der Waals surface area contributed by atoms with Gasteiger partial charge in [-0.1, -0.05) is 42.5 Å². The molecule has 1 aliphatic rings. The SMILES string of the molecule is O=C(NC[C@H]1CCCN(CCO)C1)Nc1ccc(-c2ccccc2)cc1. The van der Waals surface area contributed by atoms with Gasteiger partial charge in [0.1, 0.15) is 0 Å². The number of piperidine rings is 1. The minimum Gasteiger partial charge on any atom is -0.395 e. The number of β-amino-alcohol motifs (C(OH)–C–C–N with tert-alkyl or cyclic N) is 1. The first kappa shape index (κ1) is 18.4. The fraction of sp³-hybridized carbons (Fsp3) is 0.381. The predicted octanol–water partition coefficient (Wildman–Crippen LogP) is 3.18. The summed E-state index contributed by atoms with van der Waals surface area (Å²) in [5, 5.41) is 14.9. The lowest BCUT2D eigenvalue weighted by molar-refractivity contribution is 0.139. The Kier molecular flexibility index (Phi) is 6.63. The van der Waals surface area contributed by atoms with Crippen molar-refractivity contribution in [1.29, 1.82) is 0 Å². The summed E-state index contributed by atoms with van der Waals surface area (Å²) in [7, 11) is 0. The second-order valence-electron chi connectivity index (χ2n) is 6.81. The van der Waals surface area contributed by atoms with E-state index in [1.807, 2.05) is 42.5 Å². The quantitative estimate of drug-likeness (QED) is 0.747. The molecule has 0 unspecified atom stereocenters. The van der Waals surface area contributed by atoms with Gasteiger partial charge in [0.15, 0.2) is 0 Å². The number of nitrogens with zero attached hydrogens (tertiary/aromatic N) is 1. The summed E-state index contributed by atoms with van der Waals surface area (Å²) in [6.07, 6.45) is 2.24. The lowest BCUT2D eigenvalue weighted by Crippen LogP contribution is -2.42. The minimum atomic E-state index is -0.170. The molecule has 0 radical (unpaired) electrons. The molecule has 1 atom stereocenters. The number of carbonyl (C=O) groups is 1. The van der Waals surface area contributed by atoms with E-state index in [9.17, 15) is 4.79 Å². The van der Waals surface area contributed by atoms with E-state index >= 15 is 0 Å². The van der Waals surface area contributed by atoms with Crippen molar-refractivity contribution < 1.29 is 9.90 Å². The highest BCUT2D eigenvalue weighted by Crippen LogP contribution is 2.21. The number of aliphatic hydroxyl groups excluding tert-OH is 1. The number of hydrogen-bond donors (Lipinski definition) is 3. The Morgan fingerprint density at radius 1 is 1.08 bits per heavy atom. The summed E-state index contributed by atoms with van der Waals surface area (Å²) < 4.78 is 0. The van der Waals surface area contributed by atoms with Gasteiger partial charge in [0, 0.05) is 25.3 Å². The van der Waals surface area contributed by atoms with Gasteiger partial charge in [0.2, 0.25) is 0 Å². The lowest BCUT2D eigenvalue weighted by Gasteiger charge is -2.32. The summed E-state index contributed by atoms with van der Waals surface area (Å²) in [6, 6.07) is 17.9. The second-order valence-corrected chi connectivity index (χ2v) is 6.81. The Hall–Kier alpha value is -2.37. The maximum absolute atomic E-state index is 12.1. The van der Waals surface area contributed by atoms with Gasteiger partial charge in [-0.3, -0.25) is 0 Å². The standard InChI is InChI=1S/C21H27N3O2/c25-14-13-24-12-4-5-17(16-24)15-22-21(26)23-20-10-8-19(9-11-20)18-6-2-1-3-7-18/h1-3,6-11,17,25H,4-5,12-16H2,(H2,22,23,26)/t17-/m1/s1. The normalized spacial score (nSPS) is 17.7. The molecule has 2 aromatic rings. The Morgan fingerprint density at radius 3 is 2.54 bits per heavy atom. The van der Waals surface area contributed by atoms with E-state index in [0.717, 1.165) is 49.3 Å². The molecule has 5 heteroatoms. The van der Waals surface area contributed by atoms with Gasteiger partial charge in [-0.15, -0.1) is 0 Å². The van der Waals surface area contributed by atoms with Crippen LogP contribution < -0.4 is 10.6 Å². The summed E-state index contributed by atoms with van der Waals surface area (Å²) in [6.45, 7) is 3.55. The molecule has 5 nitrogen and oxygen atoms in total. The van der Waals surface area contributed by atoms with Crippen LogP contribution in [-0.4, -0.2) is 48.8 Å². The summed E-state index contributed by atoms with van der Waals surface area (Å²) in [5.74, 6) is 0.446. The third-order valence-electron chi connectivity index (χ3n) is 4.82. The molecular weight excluding hydrogens is 326 g/mol. The third-order valence-corrected chi connectivity index (χ3v) is 4.82. The molecule has 0 bridgehead atoms. The van der Waals surface area contributed by atoms with E-state index in [-0.39, 0.29) is 12.6 Å². The zero-order valence-electron chi connectivity index (χ0n) is 15.0. The number of likely N-dealkylation sites (tertiary alicyclic amines) is 1. The summed E-state index contributed by atoms with van der Waals surface area (Å²) >= 11 is 0. The molecule has 138 valence electrons. The topological polar surface area (TPSA) is 64.6 Å². The van der Waals surface area contributed by atoms with E-state index in [0.29, 0.717) is 12.5 Å². The van der Waals surface area contributed by atoms with Crippen molar-refractivity contribution in [2.24, 2.45) is 5.92 Å². The van der Waals surface area contributed by atoms with Crippen molar-refractivity contribution in [2.75, 3.05) is 38.1 Å². The van der Waals surface area contributed by atoms with Gasteiger partial charge < -0.3 is 20.6 Å². The van der Waals surface area contributed by atoms with Crippen LogP contribution in [0.5, 0.6) is 0 Å². The third kappa shape index (κ3) is 5.31. The Morgan fingerprint density at radius 2 is 1.81 bits per heavy atom. The second kappa shape index (κ2) is 9.36. The average Bonchev–Trinajstić information content (AvgIpc) is 2.68. The van der Waals surface area contributed by atoms with Crippen LogP contribution in [-0.2, 0) is 0 Å². The predicted molar refractivity (Wildman–Crippen MR) is 105 cm³/mol. The highest BCUT2D eigenvalue weighted by atomic mass is 16.3. The van der Waals surface area contributed by atoms with Crippen LogP contribution >= 0.6 is 0 Å². The number of amides is 2. The molecule has 0 aromatic heterocycles. The van der Waals surface area contributed by atoms with Crippen LogP contribution in [0.1, 0.15) is 12.8 Å². The van der Waals surface area contributed by atoms with Crippen molar-refractivity contribution >= 4 is 11.7 Å². The number of nitrogens with one attached hydrogen (secondary N) is 2. The van der Waals surface area contributed by atoms with E-state index in [1.165, 1.54) is 0 Å². The van der Waals surface area contributed by atoms with Crippen molar-refractivity contribution in [3.05, 3.63) is 54.6 Å². The van der Waals surface area contributed by atoms with Crippen molar-refractivity contribution in [3.8, 4) is 11.1 Å². The van der Waals surface area contributed by atoms with E-state index in [4.69, 9.17) is 5.11 Å². The van der Waals surface area contributed by atoms with Gasteiger partial charge in [-0.05, 0) is 48.6 Å². The van der Waals surface area contributed by atoms with Gasteiger partial charge in [-0.25, -0.2) is 4.79 Å². The molecule has 3 N–H and O–H groups in total. The van der Waals surface area contributed by atoms with Crippen LogP contribution in [0, 0.1) is 5.92 Å². The Labute approximate surface area is 155 Å². The molecule has 2 aromatic carbocycles. The highest BCUT2D eigenvalue weighted by molar-refractivity contribution is 5.89. The smallest absolute Gasteiger partial charge is 0.319 e. The maximum atomic E-state index is 12.1. The van der Waals surface area contributed by atoms with Gasteiger partial charge >= 0.3 is 6.03 Å². The Bertz CT molecular complexity index is 686. The molecule has 1 heterocycles. The van der Waals surface area contributed by atoms with Crippen LogP contribution in [0.2, 0.25) is 0 Å². The minimum absolute atomic E-state index is 0.170. The van der Waals surface area contributed by atoms with Crippen molar-refractivity contribution in [3.63, 3.8) is 0 Å². The molecule has 1 saturated heterocycles. The molecule has 1 aliphatic heterocycles. The zero-order valence-corrected chi connectivity index (χ0v) is 15.0. The molecule has 3 rings (SSSR count). The number of carbonyl (C=O) groups excluding carboxylic acids is 1. The number of rotatable bonds is 6. The molecular formula is C21H27N3O2. The van der Waals surface area contributed by atoms with Crippen molar-refractivity contribution in [1.82, 2.24) is 10.2 Å². The highest BCUT2D eigenvalue weighted by Gasteiger charge is 2.19. The van der Waals surface area contributed by atoms with Gasteiger partial charge in [0.05, 0.1) is 6.61 Å². The zero-order chi connectivity index (χ0) is 18.2. The first-order valence-corrected chi connectivity index (χ1v) is 9.28. The Balaban J connectivity index is 1.46. The van der Waals surface area contributed by atoms with Crippen molar-refractivity contribution in [2.45, 2.75) is 12.8 Å². The number of hydrogen-bond acceptors (Lipinski definition) is 3. The molecule has 1 fully saturated rings. The first-order chi connectivity index (χ1) is 12.7. The van der Waals surface area contributed by atoms with E-state index < -0.39 is 0 Å². The number of urea groups is 1. The van der Waals surface area contributed by atoms with Crippen LogP contribution in [0.15, 0.2) is 54.6 Å². The monoisotopic (exact) mass is 353 g/mol. The largest absolute Gasteiger partial charge is 0.395 e. The summed E-state index contributed by atoms with van der Waals surface area (Å²) in [4.78, 5) is 14.4. The number of anilines is 1. The molecule has 2 amide bonds. The van der Waals surface area contributed by atoms with Crippen LogP contribution in [0.4, 0.5) is 10.5 Å². The molecule has 26 heavy (non-hydrogen) atoms. The maximum Gasteiger partial charge on any atom is 0.319 e. The molecule has 0 saturated carbocycles. The van der Waals surface area contributed by atoms with E-state index in [2.05, 4.69) is 27.7 Å². The number of benzene rings is 2. The fourth-order valence-electron chi connectivity index (χ4n) is 3.45. The number of aliphatic hydroxyl groups is 1.